The highest BCUT2D eigenvalue weighted by molar-refractivity contribution is 5.74. The van der Waals surface area contributed by atoms with E-state index in [-0.39, 0.29) is 12.2 Å². The Balaban J connectivity index is 1.95. The second kappa shape index (κ2) is 5.02. The van der Waals surface area contributed by atoms with Gasteiger partial charge in [0, 0.05) is 0 Å². The summed E-state index contributed by atoms with van der Waals surface area (Å²) < 4.78 is 22.2. The molecule has 0 saturated carbocycles. The number of methoxy groups -OCH3 is 2. The molecule has 1 saturated heterocycles. The van der Waals surface area contributed by atoms with Crippen molar-refractivity contribution in [3.8, 4) is 11.5 Å². The first kappa shape index (κ1) is 14.4. The van der Waals surface area contributed by atoms with Gasteiger partial charge in [0.15, 0.2) is 17.3 Å². The first-order chi connectivity index (χ1) is 9.95. The zero-order valence-corrected chi connectivity index (χ0v) is 12.6. The molecule has 1 N–H and O–H groups in total. The van der Waals surface area contributed by atoms with Crippen molar-refractivity contribution in [3.63, 3.8) is 0 Å². The van der Waals surface area contributed by atoms with Crippen molar-refractivity contribution in [2.75, 3.05) is 14.2 Å². The smallest absolute Gasteiger partial charge is 0.164 e. The largest absolute Gasteiger partial charge is 0.493 e. The lowest BCUT2D eigenvalue weighted by atomic mass is 10.0. The van der Waals surface area contributed by atoms with Gasteiger partial charge in [-0.25, -0.2) is 0 Å². The third-order valence-corrected chi connectivity index (χ3v) is 3.84. The van der Waals surface area contributed by atoms with Gasteiger partial charge in [-0.3, -0.25) is 0 Å². The molecule has 1 fully saturated rings. The molecule has 2 aliphatic rings. The van der Waals surface area contributed by atoms with Gasteiger partial charge in [-0.15, -0.1) is 0 Å². The summed E-state index contributed by atoms with van der Waals surface area (Å²) in [5.41, 5.74) is 1.85. The van der Waals surface area contributed by atoms with Crippen molar-refractivity contribution in [3.05, 3.63) is 29.8 Å². The van der Waals surface area contributed by atoms with E-state index in [0.717, 1.165) is 11.1 Å². The van der Waals surface area contributed by atoms with Gasteiger partial charge in [-0.05, 0) is 43.2 Å². The summed E-state index contributed by atoms with van der Waals surface area (Å²) in [6, 6.07) is 5.65. The molecule has 1 aliphatic carbocycles. The predicted octanol–water partition coefficient (Wildman–Crippen LogP) is 1.98. The Hall–Kier alpha value is -1.56. The van der Waals surface area contributed by atoms with Crippen molar-refractivity contribution in [1.29, 1.82) is 0 Å². The van der Waals surface area contributed by atoms with Gasteiger partial charge in [0.2, 0.25) is 0 Å². The van der Waals surface area contributed by atoms with Crippen LogP contribution in [-0.2, 0) is 9.47 Å². The zero-order valence-electron chi connectivity index (χ0n) is 12.6. The van der Waals surface area contributed by atoms with Gasteiger partial charge in [-0.1, -0.05) is 6.07 Å². The van der Waals surface area contributed by atoms with E-state index in [1.165, 1.54) is 0 Å². The van der Waals surface area contributed by atoms with E-state index >= 15 is 0 Å². The monoisotopic (exact) mass is 292 g/mol. The second-order valence-electron chi connectivity index (χ2n) is 5.70. The lowest BCUT2D eigenvalue weighted by Gasteiger charge is -2.19. The van der Waals surface area contributed by atoms with Crippen LogP contribution in [0.2, 0.25) is 0 Å². The van der Waals surface area contributed by atoms with Crippen molar-refractivity contribution in [2.45, 2.75) is 37.9 Å². The van der Waals surface area contributed by atoms with E-state index in [9.17, 15) is 5.11 Å². The van der Waals surface area contributed by atoms with Crippen LogP contribution in [0.5, 0.6) is 11.5 Å². The van der Waals surface area contributed by atoms with Crippen LogP contribution in [0, 0.1) is 0 Å². The standard InChI is InChI=1S/C16H20O5/c1-16(2)20-14-10(8-11(17)15(14)21-16)9-5-6-12(18-3)13(7-9)19-4/h5-8,11,14-15,17H,1-4H3/t11-,14+,15-/m0/s1. The van der Waals surface area contributed by atoms with Gasteiger partial charge < -0.3 is 24.1 Å². The highest BCUT2D eigenvalue weighted by Crippen LogP contribution is 2.43. The topological polar surface area (TPSA) is 57.2 Å². The predicted molar refractivity (Wildman–Crippen MR) is 77.4 cm³/mol. The third kappa shape index (κ3) is 2.41. The summed E-state index contributed by atoms with van der Waals surface area (Å²) in [5.74, 6) is 0.625. The second-order valence-corrected chi connectivity index (χ2v) is 5.70. The molecule has 5 heteroatoms. The van der Waals surface area contributed by atoms with E-state index in [2.05, 4.69) is 0 Å². The molecule has 21 heavy (non-hydrogen) atoms. The van der Waals surface area contributed by atoms with Crippen LogP contribution in [0.15, 0.2) is 24.3 Å². The fraction of sp³-hybridized carbons (Fsp3) is 0.500. The number of hydrogen-bond acceptors (Lipinski definition) is 5. The molecule has 0 spiro atoms. The molecule has 1 aromatic carbocycles. The summed E-state index contributed by atoms with van der Waals surface area (Å²) in [5, 5.41) is 10.2. The molecule has 0 unspecified atom stereocenters. The molecular formula is C16H20O5. The van der Waals surface area contributed by atoms with Crippen LogP contribution in [0.1, 0.15) is 19.4 Å². The number of fused-ring (bicyclic) bond motifs is 1. The summed E-state index contributed by atoms with van der Waals surface area (Å²) in [6.07, 6.45) is 0.488. The van der Waals surface area contributed by atoms with E-state index in [1.807, 2.05) is 32.0 Å². The average molecular weight is 292 g/mol. The van der Waals surface area contributed by atoms with Crippen LogP contribution < -0.4 is 9.47 Å². The normalized spacial score (nSPS) is 30.0. The molecule has 0 radical (unpaired) electrons. The Morgan fingerprint density at radius 1 is 1.10 bits per heavy atom. The van der Waals surface area contributed by atoms with Crippen molar-refractivity contribution < 1.29 is 24.1 Å². The highest BCUT2D eigenvalue weighted by atomic mass is 16.8. The van der Waals surface area contributed by atoms with Crippen LogP contribution in [0.25, 0.3) is 5.57 Å². The Morgan fingerprint density at radius 3 is 2.48 bits per heavy atom. The van der Waals surface area contributed by atoms with Crippen molar-refractivity contribution >= 4 is 5.57 Å². The number of benzene rings is 1. The Labute approximate surface area is 124 Å². The van der Waals surface area contributed by atoms with Crippen molar-refractivity contribution in [2.24, 2.45) is 0 Å². The quantitative estimate of drug-likeness (QED) is 0.923. The SMILES string of the molecule is COc1ccc(C2=C[C@H](O)[C@@H]3OC(C)(C)O[C@H]23)cc1OC. The Bertz CT molecular complexity index is 578. The molecule has 3 atom stereocenters. The third-order valence-electron chi connectivity index (χ3n) is 3.84. The lowest BCUT2D eigenvalue weighted by molar-refractivity contribution is -0.151. The molecule has 5 nitrogen and oxygen atoms in total. The number of ether oxygens (including phenoxy) is 4. The zero-order chi connectivity index (χ0) is 15.2. The lowest BCUT2D eigenvalue weighted by Crippen LogP contribution is -2.29. The van der Waals surface area contributed by atoms with Crippen LogP contribution >= 0.6 is 0 Å². The molecule has 3 rings (SSSR count). The van der Waals surface area contributed by atoms with E-state index in [1.54, 1.807) is 20.3 Å². The average Bonchev–Trinajstić information content (AvgIpc) is 2.92. The van der Waals surface area contributed by atoms with Crippen LogP contribution in [0.3, 0.4) is 0 Å². The fourth-order valence-electron chi connectivity index (χ4n) is 2.93. The highest BCUT2D eigenvalue weighted by Gasteiger charge is 2.49. The molecule has 1 heterocycles. The summed E-state index contributed by atoms with van der Waals surface area (Å²) in [6.45, 7) is 3.70. The van der Waals surface area contributed by atoms with E-state index < -0.39 is 11.9 Å². The number of aliphatic hydroxyl groups excluding tert-OH is 1. The van der Waals surface area contributed by atoms with Crippen LogP contribution in [-0.4, -0.2) is 43.4 Å². The molecule has 0 aromatic heterocycles. The van der Waals surface area contributed by atoms with E-state index in [0.29, 0.717) is 11.5 Å². The fourth-order valence-corrected chi connectivity index (χ4v) is 2.93. The number of aliphatic hydroxyl groups is 1. The van der Waals surface area contributed by atoms with Gasteiger partial charge in [0.1, 0.15) is 18.3 Å². The minimum absolute atomic E-state index is 0.270. The first-order valence-electron chi connectivity index (χ1n) is 6.93. The minimum Gasteiger partial charge on any atom is -0.493 e. The number of rotatable bonds is 3. The van der Waals surface area contributed by atoms with E-state index in [4.69, 9.17) is 18.9 Å². The van der Waals surface area contributed by atoms with Gasteiger partial charge in [0.05, 0.1) is 14.2 Å². The molecule has 0 bridgehead atoms. The summed E-state index contributed by atoms with van der Waals surface area (Å²) in [7, 11) is 3.20. The molecular weight excluding hydrogens is 272 g/mol. The number of hydrogen-bond donors (Lipinski definition) is 1. The van der Waals surface area contributed by atoms with Crippen LogP contribution in [0.4, 0.5) is 0 Å². The molecule has 1 aliphatic heterocycles. The van der Waals surface area contributed by atoms with Crippen molar-refractivity contribution in [1.82, 2.24) is 0 Å². The molecule has 1 aromatic rings. The summed E-state index contributed by atoms with van der Waals surface area (Å²) >= 11 is 0. The summed E-state index contributed by atoms with van der Waals surface area (Å²) in [4.78, 5) is 0. The van der Waals surface area contributed by atoms with Gasteiger partial charge in [0.25, 0.3) is 0 Å². The Morgan fingerprint density at radius 2 is 1.81 bits per heavy atom. The maximum atomic E-state index is 10.2. The minimum atomic E-state index is -0.688. The first-order valence-corrected chi connectivity index (χ1v) is 6.93. The molecule has 0 amide bonds. The Kier molecular flexibility index (Phi) is 3.43. The van der Waals surface area contributed by atoms with Gasteiger partial charge >= 0.3 is 0 Å². The maximum Gasteiger partial charge on any atom is 0.164 e. The maximum absolute atomic E-state index is 10.2. The van der Waals surface area contributed by atoms with Gasteiger partial charge in [-0.2, -0.15) is 0 Å². The molecule has 114 valence electrons.